The van der Waals surface area contributed by atoms with Gasteiger partial charge in [0.25, 0.3) is 0 Å². The number of hydrogen-bond acceptors (Lipinski definition) is 4. The minimum atomic E-state index is -3.72. The van der Waals surface area contributed by atoms with E-state index < -0.39 is 22.0 Å². The maximum Gasteiger partial charge on any atom is 0.323 e. The van der Waals surface area contributed by atoms with Crippen LogP contribution in [0.4, 0.5) is 0 Å². The number of rotatable bonds is 7. The summed E-state index contributed by atoms with van der Waals surface area (Å²) in [5.41, 5.74) is 0.482. The van der Waals surface area contributed by atoms with Gasteiger partial charge in [0.15, 0.2) is 0 Å². The van der Waals surface area contributed by atoms with Crippen molar-refractivity contribution in [1.82, 2.24) is 4.72 Å². The third-order valence-corrected chi connectivity index (χ3v) is 4.95. The zero-order valence-corrected chi connectivity index (χ0v) is 14.9. The van der Waals surface area contributed by atoms with Gasteiger partial charge in [-0.15, -0.1) is 0 Å². The largest absolute Gasteiger partial charge is 0.468 e. The van der Waals surface area contributed by atoms with Gasteiger partial charge in [0.05, 0.1) is 22.9 Å². The number of hydrogen-bond donors (Lipinski definition) is 1. The van der Waals surface area contributed by atoms with E-state index in [1.165, 1.54) is 19.2 Å². The van der Waals surface area contributed by atoms with E-state index in [4.69, 9.17) is 23.2 Å². The first-order valence-electron chi connectivity index (χ1n) is 6.66. The number of benzene rings is 1. The minimum Gasteiger partial charge on any atom is -0.468 e. The Morgan fingerprint density at radius 3 is 2.41 bits per heavy atom. The second-order valence-corrected chi connectivity index (χ2v) is 7.90. The summed E-state index contributed by atoms with van der Waals surface area (Å²) in [6, 6.07) is 3.68. The maximum atomic E-state index is 12.2. The predicted molar refractivity (Wildman–Crippen MR) is 87.5 cm³/mol. The number of sulfonamides is 1. The van der Waals surface area contributed by atoms with Crippen LogP contribution in [0.15, 0.2) is 18.2 Å². The molecule has 0 spiro atoms. The van der Waals surface area contributed by atoms with Gasteiger partial charge in [0.2, 0.25) is 10.0 Å². The van der Waals surface area contributed by atoms with Gasteiger partial charge in [0.1, 0.15) is 6.04 Å². The van der Waals surface area contributed by atoms with Crippen LogP contribution in [0.25, 0.3) is 0 Å². The standard InChI is InChI=1S/C14H19Cl2NO4S/c1-9(2)6-13(14(18)21-3)17-22(19,20)8-10-4-5-11(15)12(16)7-10/h4-5,7,9,13,17H,6,8H2,1-3H3. The fourth-order valence-electron chi connectivity index (χ4n) is 1.91. The van der Waals surface area contributed by atoms with Crippen molar-refractivity contribution >= 4 is 39.2 Å². The normalized spacial score (nSPS) is 13.2. The van der Waals surface area contributed by atoms with Crippen molar-refractivity contribution in [2.45, 2.75) is 32.1 Å². The molecule has 0 aliphatic rings. The zero-order chi connectivity index (χ0) is 16.9. The summed E-state index contributed by atoms with van der Waals surface area (Å²) in [7, 11) is -2.49. The third kappa shape index (κ3) is 6.12. The molecule has 0 amide bonds. The van der Waals surface area contributed by atoms with Gasteiger partial charge in [-0.2, -0.15) is 0 Å². The van der Waals surface area contributed by atoms with Crippen LogP contribution in [0.1, 0.15) is 25.8 Å². The van der Waals surface area contributed by atoms with E-state index in [1.54, 1.807) is 6.07 Å². The fourth-order valence-corrected chi connectivity index (χ4v) is 3.56. The van der Waals surface area contributed by atoms with Gasteiger partial charge in [-0.1, -0.05) is 43.1 Å². The topological polar surface area (TPSA) is 72.5 Å². The highest BCUT2D eigenvalue weighted by Gasteiger charge is 2.26. The van der Waals surface area contributed by atoms with Crippen LogP contribution in [-0.2, 0) is 25.3 Å². The summed E-state index contributed by atoms with van der Waals surface area (Å²) < 4.78 is 31.4. The molecule has 0 bridgehead atoms. The molecular weight excluding hydrogens is 349 g/mol. The Morgan fingerprint density at radius 2 is 1.91 bits per heavy atom. The molecule has 1 aromatic carbocycles. The highest BCUT2D eigenvalue weighted by molar-refractivity contribution is 7.88. The summed E-state index contributed by atoms with van der Waals surface area (Å²) in [5, 5.41) is 0.629. The van der Waals surface area contributed by atoms with Gasteiger partial charge in [-0.3, -0.25) is 4.79 Å². The van der Waals surface area contributed by atoms with Crippen molar-refractivity contribution in [3.8, 4) is 0 Å². The van der Waals surface area contributed by atoms with Crippen LogP contribution in [0.3, 0.4) is 0 Å². The Hall–Kier alpha value is -0.820. The molecule has 1 aromatic rings. The van der Waals surface area contributed by atoms with Crippen LogP contribution in [-0.4, -0.2) is 27.5 Å². The number of ether oxygens (including phenoxy) is 1. The van der Waals surface area contributed by atoms with E-state index >= 15 is 0 Å². The number of methoxy groups -OCH3 is 1. The van der Waals surface area contributed by atoms with Gasteiger partial charge in [-0.05, 0) is 30.0 Å². The van der Waals surface area contributed by atoms with E-state index in [0.717, 1.165) is 0 Å². The Morgan fingerprint density at radius 1 is 1.27 bits per heavy atom. The van der Waals surface area contributed by atoms with Gasteiger partial charge >= 0.3 is 5.97 Å². The Balaban J connectivity index is 2.87. The lowest BCUT2D eigenvalue weighted by atomic mass is 10.1. The summed E-state index contributed by atoms with van der Waals surface area (Å²) in [6.45, 7) is 3.78. The molecule has 1 N–H and O–H groups in total. The number of esters is 1. The maximum absolute atomic E-state index is 12.2. The first kappa shape index (κ1) is 19.2. The molecule has 1 unspecified atom stereocenters. The molecular formula is C14H19Cl2NO4S. The van der Waals surface area contributed by atoms with E-state index in [0.29, 0.717) is 17.0 Å². The van der Waals surface area contributed by atoms with Crippen LogP contribution in [0.5, 0.6) is 0 Å². The molecule has 0 fully saturated rings. The van der Waals surface area contributed by atoms with Crippen molar-refractivity contribution < 1.29 is 17.9 Å². The van der Waals surface area contributed by atoms with E-state index in [1.807, 2.05) is 13.8 Å². The highest BCUT2D eigenvalue weighted by atomic mass is 35.5. The lowest BCUT2D eigenvalue weighted by Crippen LogP contribution is -2.42. The molecule has 1 rings (SSSR count). The molecule has 0 saturated heterocycles. The lowest BCUT2D eigenvalue weighted by molar-refractivity contribution is -0.143. The Kier molecular flexibility index (Phi) is 7.12. The van der Waals surface area contributed by atoms with Crippen LogP contribution >= 0.6 is 23.2 Å². The molecule has 124 valence electrons. The van der Waals surface area contributed by atoms with E-state index in [9.17, 15) is 13.2 Å². The number of carbonyl (C=O) groups excluding carboxylic acids is 1. The summed E-state index contributed by atoms with van der Waals surface area (Å²) in [5.74, 6) is -0.765. The van der Waals surface area contributed by atoms with Crippen LogP contribution in [0, 0.1) is 5.92 Å². The highest BCUT2D eigenvalue weighted by Crippen LogP contribution is 2.23. The first-order chi connectivity index (χ1) is 10.1. The van der Waals surface area contributed by atoms with Crippen molar-refractivity contribution in [3.63, 3.8) is 0 Å². The number of nitrogens with one attached hydrogen (secondary N) is 1. The lowest BCUT2D eigenvalue weighted by Gasteiger charge is -2.18. The summed E-state index contributed by atoms with van der Waals surface area (Å²) >= 11 is 11.7. The SMILES string of the molecule is COC(=O)C(CC(C)C)NS(=O)(=O)Cc1ccc(Cl)c(Cl)c1. The molecule has 0 saturated carbocycles. The van der Waals surface area contributed by atoms with Crippen molar-refractivity contribution in [2.75, 3.05) is 7.11 Å². The average Bonchev–Trinajstić information content (AvgIpc) is 2.40. The van der Waals surface area contributed by atoms with Crippen molar-refractivity contribution in [1.29, 1.82) is 0 Å². The summed E-state index contributed by atoms with van der Waals surface area (Å²) in [6.07, 6.45) is 0.354. The number of halogens is 2. The molecule has 0 aliphatic carbocycles. The molecule has 22 heavy (non-hydrogen) atoms. The first-order valence-corrected chi connectivity index (χ1v) is 9.07. The smallest absolute Gasteiger partial charge is 0.323 e. The third-order valence-electron chi connectivity index (χ3n) is 2.86. The second kappa shape index (κ2) is 8.15. The molecule has 1 atom stereocenters. The van der Waals surface area contributed by atoms with Crippen molar-refractivity contribution in [2.24, 2.45) is 5.92 Å². The minimum absolute atomic E-state index is 0.136. The van der Waals surface area contributed by atoms with Gasteiger partial charge in [0, 0.05) is 0 Å². The predicted octanol–water partition coefficient (Wildman–Crippen LogP) is 3.00. The zero-order valence-electron chi connectivity index (χ0n) is 12.6. The van der Waals surface area contributed by atoms with Gasteiger partial charge in [-0.25, -0.2) is 13.1 Å². The Labute approximate surface area is 141 Å². The van der Waals surface area contributed by atoms with Crippen molar-refractivity contribution in [3.05, 3.63) is 33.8 Å². The average molecular weight is 368 g/mol. The van der Waals surface area contributed by atoms with Crippen LogP contribution in [0.2, 0.25) is 10.0 Å². The molecule has 5 nitrogen and oxygen atoms in total. The fraction of sp³-hybridized carbons (Fsp3) is 0.500. The molecule has 0 radical (unpaired) electrons. The Bertz CT molecular complexity index is 632. The van der Waals surface area contributed by atoms with E-state index in [2.05, 4.69) is 9.46 Å². The quantitative estimate of drug-likeness (QED) is 0.751. The molecule has 8 heteroatoms. The molecule has 0 heterocycles. The van der Waals surface area contributed by atoms with Crippen LogP contribution < -0.4 is 4.72 Å². The second-order valence-electron chi connectivity index (χ2n) is 5.33. The summed E-state index contributed by atoms with van der Waals surface area (Å²) in [4.78, 5) is 11.7. The molecule has 0 aromatic heterocycles. The monoisotopic (exact) mass is 367 g/mol. The molecule has 0 aliphatic heterocycles. The number of carbonyl (C=O) groups is 1. The van der Waals surface area contributed by atoms with Gasteiger partial charge < -0.3 is 4.74 Å². The van der Waals surface area contributed by atoms with E-state index in [-0.39, 0.29) is 16.7 Å².